The van der Waals surface area contributed by atoms with E-state index in [1.54, 1.807) is 0 Å². The van der Waals surface area contributed by atoms with Crippen molar-refractivity contribution in [1.29, 1.82) is 0 Å². The number of amides is 1. The minimum atomic E-state index is -3.95. The Bertz CT molecular complexity index is 665. The van der Waals surface area contributed by atoms with E-state index >= 15 is 0 Å². The average molecular weight is 331 g/mol. The number of hydrogen-bond donors (Lipinski definition) is 2. The van der Waals surface area contributed by atoms with E-state index in [2.05, 4.69) is 0 Å². The lowest BCUT2D eigenvalue weighted by Gasteiger charge is -2.31. The third-order valence-electron chi connectivity index (χ3n) is 3.64. The van der Waals surface area contributed by atoms with Gasteiger partial charge in [0.15, 0.2) is 0 Å². The Morgan fingerprint density at radius 2 is 2.23 bits per heavy atom. The zero-order valence-electron chi connectivity index (χ0n) is 12.1. The first-order valence-electron chi connectivity index (χ1n) is 6.74. The summed E-state index contributed by atoms with van der Waals surface area (Å²) in [7, 11) is -2.64. The number of nitrogens with one attached hydrogen (secondary N) is 1. The van der Waals surface area contributed by atoms with E-state index in [1.807, 2.05) is 5.43 Å². The third-order valence-corrected chi connectivity index (χ3v) is 5.53. The Morgan fingerprint density at radius 1 is 1.50 bits per heavy atom. The van der Waals surface area contributed by atoms with Crippen LogP contribution >= 0.6 is 0 Å². The van der Waals surface area contributed by atoms with Gasteiger partial charge in [-0.15, -0.1) is 0 Å². The van der Waals surface area contributed by atoms with Crippen molar-refractivity contribution in [2.24, 2.45) is 11.8 Å². The van der Waals surface area contributed by atoms with Gasteiger partial charge in [0.2, 0.25) is 15.9 Å². The quantitative estimate of drug-likeness (QED) is 0.467. The molecule has 1 saturated heterocycles. The highest BCUT2D eigenvalue weighted by Gasteiger charge is 2.34. The Labute approximate surface area is 128 Å². The molecule has 9 heteroatoms. The van der Waals surface area contributed by atoms with Crippen LogP contribution in [0.5, 0.6) is 5.75 Å². The summed E-state index contributed by atoms with van der Waals surface area (Å²) < 4.78 is 45.0. The number of carbonyl (C=O) groups excluding carboxylic acids is 1. The molecule has 0 radical (unpaired) electrons. The number of hydrogen-bond acceptors (Lipinski definition) is 5. The van der Waals surface area contributed by atoms with Gasteiger partial charge in [-0.2, -0.15) is 4.31 Å². The number of methoxy groups -OCH3 is 1. The van der Waals surface area contributed by atoms with Crippen LogP contribution in [0.15, 0.2) is 23.1 Å². The Hall–Kier alpha value is -1.71. The zero-order chi connectivity index (χ0) is 16.3. The fourth-order valence-corrected chi connectivity index (χ4v) is 4.17. The molecule has 0 saturated carbocycles. The van der Waals surface area contributed by atoms with Gasteiger partial charge >= 0.3 is 0 Å². The average Bonchev–Trinajstić information content (AvgIpc) is 2.54. The molecule has 0 bridgehead atoms. The SMILES string of the molecule is COc1ccc(F)cc1S(=O)(=O)N1CCCC(C(=O)NN)C1. The number of carbonyl (C=O) groups is 1. The molecular weight excluding hydrogens is 313 g/mol. The molecule has 0 aromatic heterocycles. The monoisotopic (exact) mass is 331 g/mol. The Kier molecular flexibility index (Phi) is 4.99. The summed E-state index contributed by atoms with van der Waals surface area (Å²) in [5.74, 6) is 3.55. The highest BCUT2D eigenvalue weighted by atomic mass is 32.2. The molecular formula is C13H18FN3O4S. The number of piperidine rings is 1. The van der Waals surface area contributed by atoms with Gasteiger partial charge in [-0.25, -0.2) is 18.7 Å². The summed E-state index contributed by atoms with van der Waals surface area (Å²) in [6.45, 7) is 0.265. The van der Waals surface area contributed by atoms with Crippen LogP contribution in [0.2, 0.25) is 0 Å². The normalized spacial score (nSPS) is 19.7. The van der Waals surface area contributed by atoms with E-state index in [9.17, 15) is 17.6 Å². The van der Waals surface area contributed by atoms with E-state index in [0.29, 0.717) is 12.8 Å². The largest absolute Gasteiger partial charge is 0.495 e. The van der Waals surface area contributed by atoms with Gasteiger partial charge in [-0.05, 0) is 31.0 Å². The fraction of sp³-hybridized carbons (Fsp3) is 0.462. The predicted octanol–water partition coefficient (Wildman–Crippen LogP) is 0.225. The minimum absolute atomic E-state index is 0.00499. The van der Waals surface area contributed by atoms with Crippen molar-refractivity contribution in [2.45, 2.75) is 17.7 Å². The predicted molar refractivity (Wildman–Crippen MR) is 76.8 cm³/mol. The second kappa shape index (κ2) is 6.59. The number of halogens is 1. The molecule has 1 amide bonds. The highest BCUT2D eigenvalue weighted by Crippen LogP contribution is 2.30. The van der Waals surface area contributed by atoms with Gasteiger partial charge in [0.1, 0.15) is 16.5 Å². The first-order chi connectivity index (χ1) is 10.4. The molecule has 1 fully saturated rings. The Balaban J connectivity index is 2.34. The van der Waals surface area contributed by atoms with Crippen LogP contribution in [-0.2, 0) is 14.8 Å². The topological polar surface area (TPSA) is 102 Å². The van der Waals surface area contributed by atoms with Gasteiger partial charge in [-0.3, -0.25) is 10.2 Å². The van der Waals surface area contributed by atoms with Crippen LogP contribution in [-0.4, -0.2) is 38.8 Å². The second-order valence-electron chi connectivity index (χ2n) is 5.01. The van der Waals surface area contributed by atoms with Crippen LogP contribution in [0.25, 0.3) is 0 Å². The van der Waals surface area contributed by atoms with E-state index in [1.165, 1.54) is 13.2 Å². The van der Waals surface area contributed by atoms with Crippen molar-refractivity contribution in [3.05, 3.63) is 24.0 Å². The van der Waals surface area contributed by atoms with Crippen LogP contribution in [0.1, 0.15) is 12.8 Å². The van der Waals surface area contributed by atoms with Gasteiger partial charge in [0, 0.05) is 13.1 Å². The lowest BCUT2D eigenvalue weighted by atomic mass is 9.99. The van der Waals surface area contributed by atoms with E-state index in [0.717, 1.165) is 16.4 Å². The van der Waals surface area contributed by atoms with Crippen LogP contribution in [0.3, 0.4) is 0 Å². The molecule has 1 aromatic rings. The van der Waals surface area contributed by atoms with Crippen molar-refractivity contribution in [3.63, 3.8) is 0 Å². The number of nitrogens with two attached hydrogens (primary N) is 1. The summed E-state index contributed by atoms with van der Waals surface area (Å²) in [6.07, 6.45) is 1.07. The maximum absolute atomic E-state index is 13.4. The summed E-state index contributed by atoms with van der Waals surface area (Å²) in [4.78, 5) is 11.4. The summed E-state index contributed by atoms with van der Waals surface area (Å²) in [5.41, 5.74) is 2.03. The number of rotatable bonds is 4. The Morgan fingerprint density at radius 3 is 2.86 bits per heavy atom. The molecule has 0 aliphatic carbocycles. The number of benzene rings is 1. The standard InChI is InChI=1S/C13H18FN3O4S/c1-21-11-5-4-10(14)7-12(11)22(19,20)17-6-2-3-9(8-17)13(18)16-15/h4-5,7,9H,2-3,6,8,15H2,1H3,(H,16,18). The summed E-state index contributed by atoms with van der Waals surface area (Å²) in [6, 6.07) is 3.30. The zero-order valence-corrected chi connectivity index (χ0v) is 12.9. The van der Waals surface area contributed by atoms with Crippen LogP contribution in [0.4, 0.5) is 4.39 Å². The van der Waals surface area contributed by atoms with Crippen molar-refractivity contribution in [3.8, 4) is 5.75 Å². The first-order valence-corrected chi connectivity index (χ1v) is 8.18. The molecule has 1 heterocycles. The molecule has 0 spiro atoms. The lowest BCUT2D eigenvalue weighted by molar-refractivity contribution is -0.126. The molecule has 7 nitrogen and oxygen atoms in total. The lowest BCUT2D eigenvalue weighted by Crippen LogP contribution is -2.46. The van der Waals surface area contributed by atoms with Gasteiger partial charge in [0.25, 0.3) is 0 Å². The van der Waals surface area contributed by atoms with E-state index < -0.39 is 27.7 Å². The number of ether oxygens (including phenoxy) is 1. The molecule has 3 N–H and O–H groups in total. The fourth-order valence-electron chi connectivity index (χ4n) is 2.48. The molecule has 1 aromatic carbocycles. The van der Waals surface area contributed by atoms with E-state index in [4.69, 9.17) is 10.6 Å². The van der Waals surface area contributed by atoms with Crippen molar-refractivity contribution < 1.29 is 22.3 Å². The molecule has 1 atom stereocenters. The number of hydrazine groups is 1. The molecule has 1 aliphatic rings. The summed E-state index contributed by atoms with van der Waals surface area (Å²) >= 11 is 0. The number of nitrogens with zero attached hydrogens (tertiary/aromatic N) is 1. The smallest absolute Gasteiger partial charge is 0.246 e. The molecule has 22 heavy (non-hydrogen) atoms. The molecule has 2 rings (SSSR count). The first kappa shape index (κ1) is 16.7. The minimum Gasteiger partial charge on any atom is -0.495 e. The van der Waals surface area contributed by atoms with Crippen molar-refractivity contribution >= 4 is 15.9 Å². The molecule has 1 unspecified atom stereocenters. The molecule has 122 valence electrons. The highest BCUT2D eigenvalue weighted by molar-refractivity contribution is 7.89. The maximum atomic E-state index is 13.4. The van der Waals surface area contributed by atoms with Gasteiger partial charge in [-0.1, -0.05) is 0 Å². The van der Waals surface area contributed by atoms with Crippen molar-refractivity contribution in [1.82, 2.24) is 9.73 Å². The van der Waals surface area contributed by atoms with E-state index in [-0.39, 0.29) is 23.7 Å². The van der Waals surface area contributed by atoms with Crippen molar-refractivity contribution in [2.75, 3.05) is 20.2 Å². The van der Waals surface area contributed by atoms with Gasteiger partial charge < -0.3 is 4.74 Å². The van der Waals surface area contributed by atoms with Crippen LogP contribution in [0, 0.1) is 11.7 Å². The second-order valence-corrected chi connectivity index (χ2v) is 6.91. The van der Waals surface area contributed by atoms with Crippen LogP contribution < -0.4 is 16.0 Å². The third kappa shape index (κ3) is 3.21. The maximum Gasteiger partial charge on any atom is 0.246 e. The number of sulfonamides is 1. The molecule has 1 aliphatic heterocycles. The summed E-state index contributed by atoms with van der Waals surface area (Å²) in [5, 5.41) is 0. The van der Waals surface area contributed by atoms with Gasteiger partial charge in [0.05, 0.1) is 13.0 Å².